The molecule has 6 rings (SSSR count). The lowest BCUT2D eigenvalue weighted by atomic mass is 9.68. The summed E-state index contributed by atoms with van der Waals surface area (Å²) in [4.78, 5) is 87.9. The third-order valence-corrected chi connectivity index (χ3v) is 16.6. The van der Waals surface area contributed by atoms with Crippen LogP contribution in [0.1, 0.15) is 119 Å². The molecule has 1 aliphatic carbocycles. The Morgan fingerprint density at radius 3 is 2.37 bits per heavy atom. The molecule has 0 aromatic rings. The van der Waals surface area contributed by atoms with Crippen molar-refractivity contribution in [2.45, 2.75) is 167 Å². The number of aliphatic hydroxyl groups is 2. The highest BCUT2D eigenvalue weighted by atomic mass is 16.6. The largest absolute Gasteiger partial charge is 0.460 e. The topological polar surface area (TPSA) is 217 Å². The van der Waals surface area contributed by atoms with Gasteiger partial charge in [0.1, 0.15) is 36.2 Å². The zero-order valence-corrected chi connectivity index (χ0v) is 44.7. The lowest BCUT2D eigenvalue weighted by Gasteiger charge is -2.50. The lowest BCUT2D eigenvalue weighted by molar-refractivity contribution is -0.263. The fraction of sp³-hybridized carbons (Fsp3) is 0.750. The Hall–Kier alpha value is -4.10. The molecule has 3 N–H and O–H groups in total. The second-order valence-corrected chi connectivity index (χ2v) is 22.0. The van der Waals surface area contributed by atoms with Gasteiger partial charge < -0.3 is 48.9 Å². The van der Waals surface area contributed by atoms with Gasteiger partial charge in [0.15, 0.2) is 5.78 Å². The fourth-order valence-corrected chi connectivity index (χ4v) is 12.1. The number of nitrogens with zero attached hydrogens (tertiary/aromatic N) is 2. The standard InChI is InChI=1S/C56H85N3O14/c1-34-13-10-9-11-14-35(2)29-37(4)49(61)51(69-8)50(62)38(5)30-36(3)44(60)33-46-43(31-40-18-21-45(47(32-40)68-7)72-55(66)57-22-24-58-25-27-70-28-26-58)42-15-12-23-59(48(42)54(65)71-46)53(64)52(63)56(67)39(6)17-20-41(73-56)19-16-34/h9-11,13-14,30,35-37,39-43,45-48,50-51,62,67H,12,15-29,31-33H2,1-8H3,(H,57,66)/b10-9+,14-11+,34-13+,38-30+/t35-,36-,37?,39?,40?,41-,42-,43?,45-,46+,47?,48?,50?,51+,56?/m1/s1. The van der Waals surface area contributed by atoms with Crippen molar-refractivity contribution >= 4 is 35.3 Å². The number of morpholine rings is 1. The third kappa shape index (κ3) is 15.1. The van der Waals surface area contributed by atoms with Crippen molar-refractivity contribution in [3.63, 3.8) is 0 Å². The molecule has 17 nitrogen and oxygen atoms in total. The molecule has 17 heteroatoms. The van der Waals surface area contributed by atoms with Gasteiger partial charge in [0.05, 0.1) is 25.4 Å². The van der Waals surface area contributed by atoms with E-state index in [0.717, 1.165) is 18.7 Å². The van der Waals surface area contributed by atoms with Crippen molar-refractivity contribution < 1.29 is 67.4 Å². The van der Waals surface area contributed by atoms with Gasteiger partial charge in [-0.2, -0.15) is 0 Å². The Kier molecular flexibility index (Phi) is 21.6. The van der Waals surface area contributed by atoms with E-state index in [2.05, 4.69) is 10.2 Å². The molecule has 4 bridgehead atoms. The summed E-state index contributed by atoms with van der Waals surface area (Å²) in [6.07, 6.45) is 11.8. The SMILES string of the molecule is COC1CC(CC2[C@H]3CCCN4C(=O)C(=O)C5(O)O[C@H](CC/C(C)=C/C=C/C=C/[C@@H](C)CC(C)C(=O)[C@H](OC)C(O)/C(C)=C/[C@@H](C)C(=O)C[C@@H]2OC(=O)C34)CCC5C)CC[C@H]1OC(=O)NCCN1CCOCC1. The molecule has 1 saturated carbocycles. The van der Waals surface area contributed by atoms with E-state index in [1.165, 1.54) is 12.0 Å². The number of methoxy groups -OCH3 is 2. The predicted molar refractivity (Wildman–Crippen MR) is 272 cm³/mol. The Morgan fingerprint density at radius 2 is 1.64 bits per heavy atom. The minimum atomic E-state index is -2.39. The summed E-state index contributed by atoms with van der Waals surface area (Å²) in [5, 5.41) is 26.4. The average Bonchev–Trinajstić information content (AvgIpc) is 3.37. The maximum atomic E-state index is 14.5. The number of alkyl carbamates (subject to hydrolysis) is 1. The second kappa shape index (κ2) is 27.1. The summed E-state index contributed by atoms with van der Waals surface area (Å²) < 4.78 is 35.3. The lowest BCUT2D eigenvalue weighted by Crippen LogP contribution is -2.65. The molecular weight excluding hydrogens is 939 g/mol. The Balaban J connectivity index is 1.26. The fourth-order valence-electron chi connectivity index (χ4n) is 12.1. The quantitative estimate of drug-likeness (QED) is 0.148. The van der Waals surface area contributed by atoms with Crippen LogP contribution in [-0.4, -0.2) is 164 Å². The molecule has 0 spiro atoms. The number of hydrogen-bond acceptors (Lipinski definition) is 15. The number of carbonyl (C=O) groups is 6. The van der Waals surface area contributed by atoms with Gasteiger partial charge in [0, 0.05) is 77.0 Å². The molecular formula is C56H85N3O14. The van der Waals surface area contributed by atoms with Crippen molar-refractivity contribution in [1.29, 1.82) is 0 Å². The van der Waals surface area contributed by atoms with Gasteiger partial charge in [-0.15, -0.1) is 0 Å². The van der Waals surface area contributed by atoms with Crippen molar-refractivity contribution in [1.82, 2.24) is 15.1 Å². The number of esters is 1. The van der Waals surface area contributed by atoms with Crippen LogP contribution in [0.3, 0.4) is 0 Å². The number of nitrogens with one attached hydrogen (secondary N) is 1. The molecule has 5 fully saturated rings. The number of fused-ring (bicyclic) bond motifs is 4. The minimum absolute atomic E-state index is 0.0106. The van der Waals surface area contributed by atoms with Gasteiger partial charge in [-0.3, -0.25) is 24.1 Å². The highest BCUT2D eigenvalue weighted by molar-refractivity contribution is 6.39. The van der Waals surface area contributed by atoms with E-state index in [4.69, 9.17) is 28.4 Å². The Bertz CT molecular complexity index is 2050. The van der Waals surface area contributed by atoms with Crippen molar-refractivity contribution in [2.24, 2.45) is 41.4 Å². The molecule has 6 aliphatic rings. The number of Topliss-reactive ketones (excluding diaryl/α,β-unsaturated/α-hetero) is 3. The van der Waals surface area contributed by atoms with Gasteiger partial charge in [-0.1, -0.05) is 69.7 Å². The molecule has 73 heavy (non-hydrogen) atoms. The van der Waals surface area contributed by atoms with E-state index in [9.17, 15) is 39.0 Å². The Labute approximate surface area is 432 Å². The first-order valence-electron chi connectivity index (χ1n) is 27.0. The maximum Gasteiger partial charge on any atom is 0.407 e. The van der Waals surface area contributed by atoms with Gasteiger partial charge in [0.2, 0.25) is 5.79 Å². The van der Waals surface area contributed by atoms with Gasteiger partial charge >= 0.3 is 12.1 Å². The van der Waals surface area contributed by atoms with Crippen molar-refractivity contribution in [2.75, 3.05) is 60.2 Å². The van der Waals surface area contributed by atoms with E-state index in [1.807, 2.05) is 51.2 Å². The average molecular weight is 1020 g/mol. The summed E-state index contributed by atoms with van der Waals surface area (Å²) in [6, 6.07) is -1.14. The molecule has 5 heterocycles. The number of ether oxygens (including phenoxy) is 6. The normalized spacial score (nSPS) is 39.6. The molecule has 0 aromatic carbocycles. The molecule has 15 atom stereocenters. The van der Waals surface area contributed by atoms with E-state index in [0.29, 0.717) is 103 Å². The number of hydrogen-bond donors (Lipinski definition) is 3. The summed E-state index contributed by atoms with van der Waals surface area (Å²) in [5.74, 6) is -8.49. The predicted octanol–water partition coefficient (Wildman–Crippen LogP) is 5.84. The number of carbonyl (C=O) groups excluding carboxylic acids is 6. The summed E-state index contributed by atoms with van der Waals surface area (Å²) in [7, 11) is 2.97. The van der Waals surface area contributed by atoms with Gasteiger partial charge in [-0.05, 0) is 108 Å². The minimum Gasteiger partial charge on any atom is -0.460 e. The van der Waals surface area contributed by atoms with Crippen LogP contribution in [0.25, 0.3) is 0 Å². The van der Waals surface area contributed by atoms with Crippen molar-refractivity contribution in [3.05, 3.63) is 47.6 Å². The Morgan fingerprint density at radius 1 is 0.890 bits per heavy atom. The third-order valence-electron chi connectivity index (χ3n) is 16.6. The van der Waals surface area contributed by atoms with Crippen LogP contribution in [0.15, 0.2) is 47.6 Å². The molecule has 8 unspecified atom stereocenters. The molecule has 2 amide bonds. The van der Waals surface area contributed by atoms with E-state index in [1.54, 1.807) is 34.0 Å². The molecule has 0 aromatic heterocycles. The number of rotatable bonds is 8. The first-order chi connectivity index (χ1) is 34.8. The number of amides is 2. The van der Waals surface area contributed by atoms with Crippen LogP contribution < -0.4 is 5.32 Å². The zero-order valence-electron chi connectivity index (χ0n) is 44.7. The van der Waals surface area contributed by atoms with Crippen LogP contribution in [-0.2, 0) is 52.4 Å². The van der Waals surface area contributed by atoms with Crippen LogP contribution in [0.4, 0.5) is 4.79 Å². The monoisotopic (exact) mass is 1020 g/mol. The second-order valence-electron chi connectivity index (χ2n) is 22.0. The van der Waals surface area contributed by atoms with Gasteiger partial charge in [-0.25, -0.2) is 9.59 Å². The molecule has 5 aliphatic heterocycles. The number of aliphatic hydroxyl groups excluding tert-OH is 1. The van der Waals surface area contributed by atoms with E-state index in [-0.39, 0.29) is 36.4 Å². The van der Waals surface area contributed by atoms with Crippen molar-refractivity contribution in [3.8, 4) is 0 Å². The summed E-state index contributed by atoms with van der Waals surface area (Å²) >= 11 is 0. The highest BCUT2D eigenvalue weighted by Crippen LogP contribution is 2.45. The van der Waals surface area contributed by atoms with Crippen LogP contribution >= 0.6 is 0 Å². The number of ketones is 3. The smallest absolute Gasteiger partial charge is 0.407 e. The van der Waals surface area contributed by atoms with Crippen LogP contribution in [0.5, 0.6) is 0 Å². The van der Waals surface area contributed by atoms with E-state index >= 15 is 0 Å². The first-order valence-corrected chi connectivity index (χ1v) is 27.0. The first kappa shape index (κ1) is 58.2. The van der Waals surface area contributed by atoms with Crippen LogP contribution in [0.2, 0.25) is 0 Å². The maximum absolute atomic E-state index is 14.5. The molecule has 408 valence electrons. The van der Waals surface area contributed by atoms with Crippen LogP contribution in [0, 0.1) is 41.4 Å². The summed E-state index contributed by atoms with van der Waals surface area (Å²) in [6.45, 7) is 15.0. The zero-order chi connectivity index (χ0) is 53.0. The molecule has 4 saturated heterocycles. The molecule has 0 radical (unpaired) electrons. The summed E-state index contributed by atoms with van der Waals surface area (Å²) in [5.41, 5.74) is 1.44. The van der Waals surface area contributed by atoms with Gasteiger partial charge in [0.25, 0.3) is 11.7 Å². The highest BCUT2D eigenvalue weighted by Gasteiger charge is 2.57. The number of piperidine rings is 1. The number of allylic oxidation sites excluding steroid dienone is 7. The van der Waals surface area contributed by atoms with E-state index < -0.39 is 102 Å².